The monoisotopic (exact) mass is 653 g/mol. The quantitative estimate of drug-likeness (QED) is 0.352. The van der Waals surface area contributed by atoms with Gasteiger partial charge in [0.25, 0.3) is 5.91 Å². The number of likely N-dealkylation sites (tertiary alicyclic amines) is 2. The van der Waals surface area contributed by atoms with Crippen molar-refractivity contribution >= 4 is 23.9 Å². The van der Waals surface area contributed by atoms with Crippen LogP contribution in [0.25, 0.3) is 0 Å². The number of rotatable bonds is 10. The van der Waals surface area contributed by atoms with E-state index in [1.807, 2.05) is 55.7 Å². The van der Waals surface area contributed by atoms with Crippen molar-refractivity contribution < 1.29 is 28.7 Å². The molecule has 11 nitrogen and oxygen atoms in total. The maximum Gasteiger partial charge on any atom is 0.411 e. The minimum atomic E-state index is -0.605. The summed E-state index contributed by atoms with van der Waals surface area (Å²) in [6.45, 7) is 15.6. The molecule has 5 rings (SSSR count). The standard InChI is InChI=1S/C36H55N5O6/c1-5-46-33(43)26-37-16-13-27(14-17-37)23-38-18-20-39(21-19-38)34(44)29-9-6-8-28(22-29)30-10-7-15-40(24-30)32(42)25-41(31-11-12-31)35(45)47-36(2,3)4/h6,8-9,22,27,30-31H,5,7,10-21,23-26H2,1-4H3. The third-order valence-corrected chi connectivity index (χ3v) is 9.84. The van der Waals surface area contributed by atoms with Gasteiger partial charge >= 0.3 is 12.1 Å². The van der Waals surface area contributed by atoms with E-state index in [1.54, 1.807) is 4.90 Å². The molecule has 0 aromatic heterocycles. The molecule has 3 amide bonds. The second-order valence-corrected chi connectivity index (χ2v) is 14.8. The molecule has 3 saturated heterocycles. The van der Waals surface area contributed by atoms with Crippen LogP contribution < -0.4 is 0 Å². The van der Waals surface area contributed by atoms with Gasteiger partial charge in [-0.2, -0.15) is 0 Å². The van der Waals surface area contributed by atoms with Gasteiger partial charge in [0.1, 0.15) is 12.1 Å². The van der Waals surface area contributed by atoms with E-state index in [2.05, 4.69) is 15.9 Å². The Balaban J connectivity index is 1.08. The molecule has 4 aliphatic rings. The summed E-state index contributed by atoms with van der Waals surface area (Å²) < 4.78 is 10.7. The Bertz CT molecular complexity index is 1250. The Hall–Kier alpha value is -3.18. The van der Waals surface area contributed by atoms with Crippen molar-refractivity contribution in [2.24, 2.45) is 5.92 Å². The zero-order valence-corrected chi connectivity index (χ0v) is 29.0. The molecule has 1 unspecified atom stereocenters. The van der Waals surface area contributed by atoms with Gasteiger partial charge in [-0.15, -0.1) is 0 Å². The van der Waals surface area contributed by atoms with Gasteiger partial charge in [0.05, 0.1) is 13.2 Å². The molecule has 1 aliphatic carbocycles. The van der Waals surface area contributed by atoms with Crippen LogP contribution in [0.3, 0.4) is 0 Å². The molecule has 1 aromatic rings. The fraction of sp³-hybridized carbons (Fsp3) is 0.722. The molecule has 0 N–H and O–H groups in total. The fourth-order valence-corrected chi connectivity index (χ4v) is 7.09. The first-order valence-corrected chi connectivity index (χ1v) is 17.8. The van der Waals surface area contributed by atoms with Gasteiger partial charge in [-0.05, 0) is 103 Å². The first-order valence-electron chi connectivity index (χ1n) is 17.8. The first kappa shape index (κ1) is 35.1. The summed E-state index contributed by atoms with van der Waals surface area (Å²) >= 11 is 0. The smallest absolute Gasteiger partial charge is 0.411 e. The third kappa shape index (κ3) is 10.2. The highest BCUT2D eigenvalue weighted by Crippen LogP contribution is 2.31. The summed E-state index contributed by atoms with van der Waals surface area (Å²) in [7, 11) is 0. The molecule has 11 heteroatoms. The minimum absolute atomic E-state index is 0.0419. The van der Waals surface area contributed by atoms with E-state index >= 15 is 0 Å². The van der Waals surface area contributed by atoms with Crippen molar-refractivity contribution in [2.45, 2.75) is 83.8 Å². The highest BCUT2D eigenvalue weighted by atomic mass is 16.6. The van der Waals surface area contributed by atoms with Crippen LogP contribution in [0, 0.1) is 5.92 Å². The molecule has 1 saturated carbocycles. The second-order valence-electron chi connectivity index (χ2n) is 14.8. The third-order valence-electron chi connectivity index (χ3n) is 9.84. The molecule has 4 fully saturated rings. The predicted molar refractivity (Wildman–Crippen MR) is 179 cm³/mol. The fourth-order valence-electron chi connectivity index (χ4n) is 7.09. The number of ether oxygens (including phenoxy) is 2. The maximum atomic E-state index is 13.6. The molecule has 0 bridgehead atoms. The summed E-state index contributed by atoms with van der Waals surface area (Å²) in [5, 5.41) is 0. The van der Waals surface area contributed by atoms with Crippen LogP contribution in [-0.4, -0.2) is 139 Å². The van der Waals surface area contributed by atoms with E-state index < -0.39 is 11.7 Å². The number of piperidine rings is 2. The Morgan fingerprint density at radius 2 is 1.60 bits per heavy atom. The number of amides is 3. The van der Waals surface area contributed by atoms with Crippen LogP contribution in [0.5, 0.6) is 0 Å². The van der Waals surface area contributed by atoms with Crippen LogP contribution in [0.2, 0.25) is 0 Å². The number of esters is 1. The number of benzene rings is 1. The largest absolute Gasteiger partial charge is 0.465 e. The van der Waals surface area contributed by atoms with Crippen LogP contribution in [0.1, 0.15) is 88.1 Å². The molecular formula is C36H55N5O6. The van der Waals surface area contributed by atoms with Gasteiger partial charge in [0.15, 0.2) is 0 Å². The van der Waals surface area contributed by atoms with Crippen LogP contribution in [-0.2, 0) is 19.1 Å². The van der Waals surface area contributed by atoms with E-state index in [4.69, 9.17) is 9.47 Å². The van der Waals surface area contributed by atoms with Gasteiger partial charge in [-0.3, -0.25) is 29.1 Å². The summed E-state index contributed by atoms with van der Waals surface area (Å²) in [5.41, 5.74) is 1.19. The van der Waals surface area contributed by atoms with Gasteiger partial charge in [0.2, 0.25) is 5.91 Å². The molecule has 1 atom stereocenters. The Labute approximate surface area is 280 Å². The zero-order valence-electron chi connectivity index (χ0n) is 29.0. The van der Waals surface area contributed by atoms with Crippen molar-refractivity contribution in [3.63, 3.8) is 0 Å². The second kappa shape index (κ2) is 15.8. The molecule has 260 valence electrons. The summed E-state index contributed by atoms with van der Waals surface area (Å²) in [5.74, 6) is 0.653. The van der Waals surface area contributed by atoms with Gasteiger partial charge in [-0.25, -0.2) is 4.79 Å². The average molecular weight is 654 g/mol. The van der Waals surface area contributed by atoms with Crippen molar-refractivity contribution in [2.75, 3.05) is 78.6 Å². The van der Waals surface area contributed by atoms with Crippen molar-refractivity contribution in [3.05, 3.63) is 35.4 Å². The van der Waals surface area contributed by atoms with Crippen molar-refractivity contribution in [3.8, 4) is 0 Å². The minimum Gasteiger partial charge on any atom is -0.465 e. The Kier molecular flexibility index (Phi) is 11.8. The van der Waals surface area contributed by atoms with E-state index in [0.29, 0.717) is 50.8 Å². The van der Waals surface area contributed by atoms with Gasteiger partial charge < -0.3 is 19.3 Å². The molecule has 0 radical (unpaired) electrons. The maximum absolute atomic E-state index is 13.6. The van der Waals surface area contributed by atoms with E-state index in [9.17, 15) is 19.2 Å². The Morgan fingerprint density at radius 3 is 2.26 bits per heavy atom. The van der Waals surface area contributed by atoms with Crippen molar-refractivity contribution in [1.82, 2.24) is 24.5 Å². The number of piperazine rings is 1. The molecule has 3 aliphatic heterocycles. The number of carbonyl (C=O) groups is 4. The highest BCUT2D eigenvalue weighted by molar-refractivity contribution is 5.94. The molecule has 1 aromatic carbocycles. The molecule has 0 spiro atoms. The number of hydrogen-bond acceptors (Lipinski definition) is 8. The lowest BCUT2D eigenvalue weighted by Crippen LogP contribution is -2.50. The zero-order chi connectivity index (χ0) is 33.6. The summed E-state index contributed by atoms with van der Waals surface area (Å²) in [6.07, 6.45) is 5.41. The molecule has 3 heterocycles. The van der Waals surface area contributed by atoms with Crippen LogP contribution in [0.4, 0.5) is 4.79 Å². The van der Waals surface area contributed by atoms with Crippen LogP contribution >= 0.6 is 0 Å². The van der Waals surface area contributed by atoms with Gasteiger partial charge in [0, 0.05) is 63.3 Å². The molecule has 47 heavy (non-hydrogen) atoms. The van der Waals surface area contributed by atoms with Crippen molar-refractivity contribution in [1.29, 1.82) is 0 Å². The van der Waals surface area contributed by atoms with E-state index in [-0.39, 0.29) is 36.3 Å². The average Bonchev–Trinajstić information content (AvgIpc) is 3.89. The lowest BCUT2D eigenvalue weighted by atomic mass is 9.89. The summed E-state index contributed by atoms with van der Waals surface area (Å²) in [6, 6.07) is 8.05. The SMILES string of the molecule is CCOC(=O)CN1CCC(CN2CCN(C(=O)c3cccc(C4CCCN(C(=O)CN(C(=O)OC(C)(C)C)C5CC5)C4)c3)CC2)CC1. The normalized spacial score (nSPS) is 21.7. The first-order chi connectivity index (χ1) is 22.5. The Morgan fingerprint density at radius 1 is 0.872 bits per heavy atom. The van der Waals surface area contributed by atoms with Crippen LogP contribution in [0.15, 0.2) is 24.3 Å². The van der Waals surface area contributed by atoms with Gasteiger partial charge in [-0.1, -0.05) is 12.1 Å². The lowest BCUT2D eigenvalue weighted by molar-refractivity contribution is -0.144. The lowest BCUT2D eigenvalue weighted by Gasteiger charge is -2.38. The number of carbonyl (C=O) groups excluding carboxylic acids is 4. The predicted octanol–water partition coefficient (Wildman–Crippen LogP) is 3.83. The number of nitrogens with zero attached hydrogens (tertiary/aromatic N) is 5. The topological polar surface area (TPSA) is 103 Å². The van der Waals surface area contributed by atoms with E-state index in [0.717, 1.165) is 76.8 Å². The van der Waals surface area contributed by atoms with E-state index in [1.165, 1.54) is 0 Å². The summed E-state index contributed by atoms with van der Waals surface area (Å²) in [4.78, 5) is 61.7. The number of hydrogen-bond donors (Lipinski definition) is 0. The molecular weight excluding hydrogens is 598 g/mol. The highest BCUT2D eigenvalue weighted by Gasteiger charge is 2.38.